The number of aliphatic imine (C=N–C) groups is 1. The molecule has 2 unspecified atom stereocenters. The molecular formula is C25H26F2N8O. The van der Waals surface area contributed by atoms with Crippen molar-refractivity contribution in [3.05, 3.63) is 78.1 Å². The van der Waals surface area contributed by atoms with Crippen LogP contribution >= 0.6 is 0 Å². The van der Waals surface area contributed by atoms with Gasteiger partial charge in [0.2, 0.25) is 0 Å². The highest BCUT2D eigenvalue weighted by atomic mass is 19.3. The summed E-state index contributed by atoms with van der Waals surface area (Å²) < 4.78 is 29.5. The number of nitrogens with zero attached hydrogens (tertiary/aromatic N) is 4. The van der Waals surface area contributed by atoms with Crippen LogP contribution in [0.5, 0.6) is 0 Å². The van der Waals surface area contributed by atoms with Gasteiger partial charge in [-0.1, -0.05) is 6.08 Å². The maximum atomic E-state index is 13.8. The lowest BCUT2D eigenvalue weighted by atomic mass is 10.0. The number of fused-ring (bicyclic) bond motifs is 1. The van der Waals surface area contributed by atoms with Crippen LogP contribution in [0, 0.1) is 5.41 Å². The number of imidazole rings is 1. The lowest BCUT2D eigenvalue weighted by Crippen LogP contribution is -2.37. The van der Waals surface area contributed by atoms with Crippen LogP contribution in [0.4, 0.5) is 14.5 Å². The second-order valence-corrected chi connectivity index (χ2v) is 8.89. The first-order chi connectivity index (χ1) is 17.1. The van der Waals surface area contributed by atoms with Crippen LogP contribution in [0.2, 0.25) is 0 Å². The molecular weight excluding hydrogens is 466 g/mol. The third-order valence-corrected chi connectivity index (χ3v) is 6.04. The molecule has 6 N–H and O–H groups in total. The van der Waals surface area contributed by atoms with Crippen LogP contribution in [0.1, 0.15) is 20.3 Å². The van der Waals surface area contributed by atoms with Gasteiger partial charge in [-0.25, -0.2) is 18.8 Å². The molecule has 1 saturated carbocycles. The average Bonchev–Trinajstić information content (AvgIpc) is 3.20. The van der Waals surface area contributed by atoms with Crippen molar-refractivity contribution in [2.75, 3.05) is 0 Å². The molecule has 2 aromatic rings. The van der Waals surface area contributed by atoms with E-state index in [0.29, 0.717) is 39.7 Å². The highest BCUT2D eigenvalue weighted by Gasteiger charge is 2.61. The molecule has 11 heteroatoms. The van der Waals surface area contributed by atoms with Crippen molar-refractivity contribution in [2.24, 2.45) is 10.7 Å². The number of amidine groups is 1. The number of dihydropyridines is 1. The number of benzene rings is 1. The minimum Gasteiger partial charge on any atom is -0.389 e. The Morgan fingerprint density at radius 2 is 2.14 bits per heavy atom. The van der Waals surface area contributed by atoms with E-state index in [1.165, 1.54) is 5.01 Å². The van der Waals surface area contributed by atoms with Crippen molar-refractivity contribution in [1.82, 2.24) is 25.3 Å². The van der Waals surface area contributed by atoms with Gasteiger partial charge in [-0.05, 0) is 56.4 Å². The Morgan fingerprint density at radius 1 is 1.36 bits per heavy atom. The molecule has 2 aliphatic heterocycles. The van der Waals surface area contributed by atoms with Crippen molar-refractivity contribution in [3.8, 4) is 0 Å². The third kappa shape index (κ3) is 4.40. The summed E-state index contributed by atoms with van der Waals surface area (Å²) in [6, 6.07) is 4.51. The van der Waals surface area contributed by atoms with Gasteiger partial charge in [-0.15, -0.1) is 0 Å². The number of alkyl halides is 2. The zero-order valence-corrected chi connectivity index (χ0v) is 19.7. The van der Waals surface area contributed by atoms with E-state index in [9.17, 15) is 13.9 Å². The molecule has 9 nitrogen and oxygen atoms in total. The lowest BCUT2D eigenvalue weighted by Gasteiger charge is -2.28. The zero-order valence-electron chi connectivity index (χ0n) is 19.7. The Labute approximate surface area is 206 Å². The molecule has 1 fully saturated rings. The molecule has 0 radical (unpaired) electrons. The van der Waals surface area contributed by atoms with Crippen LogP contribution in [0.3, 0.4) is 0 Å². The van der Waals surface area contributed by atoms with Gasteiger partial charge < -0.3 is 27.0 Å². The molecule has 5 rings (SSSR count). The molecule has 1 aromatic carbocycles. The van der Waals surface area contributed by atoms with E-state index in [0.717, 1.165) is 5.52 Å². The molecule has 0 spiro atoms. The van der Waals surface area contributed by atoms with E-state index < -0.39 is 18.1 Å². The standard InChI is InChI=1S/C25H26F2N8O/c1-14(28)3-7-22(29)32-16-4-6-19-18(11-16)30-13-34(19)23-8-5-17(15(2)36)24(33-23)20-9-10-31-35(20)21-12-25(21,26)27/h3-11,13,15,21,28,31,33,36H,12H2,1-2H3,(H2,29,32). The Kier molecular flexibility index (Phi) is 5.71. The zero-order chi connectivity index (χ0) is 25.6. The van der Waals surface area contributed by atoms with Crippen LogP contribution < -0.4 is 16.5 Å². The minimum absolute atomic E-state index is 0.229. The number of hydrogen-bond donors (Lipinski definition) is 5. The van der Waals surface area contributed by atoms with Crippen molar-refractivity contribution in [2.45, 2.75) is 38.3 Å². The molecule has 1 aromatic heterocycles. The third-order valence-electron chi connectivity index (χ3n) is 6.04. The fourth-order valence-electron chi connectivity index (χ4n) is 4.14. The van der Waals surface area contributed by atoms with Gasteiger partial charge in [0.15, 0.2) is 0 Å². The van der Waals surface area contributed by atoms with Gasteiger partial charge >= 0.3 is 0 Å². The lowest BCUT2D eigenvalue weighted by molar-refractivity contribution is 0.0760. The number of halogens is 2. The summed E-state index contributed by atoms with van der Waals surface area (Å²) in [5.41, 5.74) is 12.9. The summed E-state index contributed by atoms with van der Waals surface area (Å²) in [4.78, 5) is 8.83. The van der Waals surface area contributed by atoms with E-state index in [1.807, 2.05) is 16.7 Å². The second kappa shape index (κ2) is 8.76. The SMILES string of the molecule is CC(=N)C=CC(N)=Nc1ccc2c(c1)ncn2C1=CC=C(C(C)O)C(=C2C=CNN2C2CC2(F)F)N1. The molecule has 0 amide bonds. The molecule has 3 aliphatic rings. The first-order valence-corrected chi connectivity index (χ1v) is 11.4. The molecule has 36 heavy (non-hydrogen) atoms. The predicted octanol–water partition coefficient (Wildman–Crippen LogP) is 3.28. The highest BCUT2D eigenvalue weighted by molar-refractivity contribution is 6.00. The topological polar surface area (TPSA) is 128 Å². The Morgan fingerprint density at radius 3 is 2.83 bits per heavy atom. The summed E-state index contributed by atoms with van der Waals surface area (Å²) in [5.74, 6) is -1.84. The molecule has 0 bridgehead atoms. The van der Waals surface area contributed by atoms with Crippen molar-refractivity contribution in [3.63, 3.8) is 0 Å². The summed E-state index contributed by atoms with van der Waals surface area (Å²) in [5, 5.41) is 22.6. The van der Waals surface area contributed by atoms with Gasteiger partial charge in [0.05, 0.1) is 34.2 Å². The normalized spacial score (nSPS) is 24.0. The molecule has 0 saturated heterocycles. The van der Waals surface area contributed by atoms with E-state index in [1.54, 1.807) is 62.8 Å². The summed E-state index contributed by atoms with van der Waals surface area (Å²) >= 11 is 0. The second-order valence-electron chi connectivity index (χ2n) is 8.89. The van der Waals surface area contributed by atoms with E-state index in [2.05, 4.69) is 20.7 Å². The summed E-state index contributed by atoms with van der Waals surface area (Å²) in [6.07, 6.45) is 10.6. The maximum absolute atomic E-state index is 13.8. The summed E-state index contributed by atoms with van der Waals surface area (Å²) in [7, 11) is 0. The van der Waals surface area contributed by atoms with Gasteiger partial charge in [-0.2, -0.15) is 0 Å². The van der Waals surface area contributed by atoms with Crippen LogP contribution in [0.25, 0.3) is 16.9 Å². The number of rotatable bonds is 6. The van der Waals surface area contributed by atoms with Gasteiger partial charge in [0.1, 0.15) is 24.0 Å². The van der Waals surface area contributed by atoms with E-state index >= 15 is 0 Å². The average molecular weight is 493 g/mol. The van der Waals surface area contributed by atoms with E-state index in [-0.39, 0.29) is 12.3 Å². The van der Waals surface area contributed by atoms with E-state index in [4.69, 9.17) is 11.1 Å². The number of nitrogens with one attached hydrogen (secondary N) is 3. The maximum Gasteiger partial charge on any atom is 0.272 e. The fourth-order valence-corrected chi connectivity index (χ4v) is 4.14. The Bertz CT molecular complexity index is 1430. The Balaban J connectivity index is 1.48. The molecule has 186 valence electrons. The minimum atomic E-state index is -2.76. The number of nitrogens with two attached hydrogens (primary N) is 1. The molecule has 2 atom stereocenters. The number of allylic oxidation sites excluding steroid dienone is 4. The first-order valence-electron chi connectivity index (χ1n) is 11.4. The number of hydrazine groups is 1. The number of aliphatic hydroxyl groups excluding tert-OH is 1. The van der Waals surface area contributed by atoms with Crippen molar-refractivity contribution in [1.29, 1.82) is 5.41 Å². The quantitative estimate of drug-likeness (QED) is 0.311. The van der Waals surface area contributed by atoms with Gasteiger partial charge in [0.25, 0.3) is 5.92 Å². The Hall–Kier alpha value is -4.25. The largest absolute Gasteiger partial charge is 0.389 e. The van der Waals surface area contributed by atoms with Crippen LogP contribution in [0.15, 0.2) is 83.1 Å². The first kappa shape index (κ1) is 23.5. The number of aromatic nitrogens is 2. The smallest absolute Gasteiger partial charge is 0.272 e. The van der Waals surface area contributed by atoms with Gasteiger partial charge in [0, 0.05) is 23.9 Å². The highest BCUT2D eigenvalue weighted by Crippen LogP contribution is 2.47. The molecule has 1 aliphatic carbocycles. The van der Waals surface area contributed by atoms with Crippen LogP contribution in [-0.4, -0.2) is 49.3 Å². The number of aliphatic hydroxyl groups is 1. The fraction of sp³-hybridized carbons (Fsp3) is 0.240. The summed E-state index contributed by atoms with van der Waals surface area (Å²) in [6.45, 7) is 3.28. The number of hydrogen-bond acceptors (Lipinski definition) is 7. The molecule has 3 heterocycles. The van der Waals surface area contributed by atoms with Crippen molar-refractivity contribution < 1.29 is 13.9 Å². The van der Waals surface area contributed by atoms with Crippen LogP contribution in [-0.2, 0) is 0 Å². The van der Waals surface area contributed by atoms with Gasteiger partial charge in [-0.3, -0.25) is 9.58 Å². The predicted molar refractivity (Wildman–Crippen MR) is 135 cm³/mol. The monoisotopic (exact) mass is 492 g/mol. The van der Waals surface area contributed by atoms with Crippen molar-refractivity contribution >= 4 is 34.1 Å².